The van der Waals surface area contributed by atoms with E-state index in [0.717, 1.165) is 16.2 Å². The summed E-state index contributed by atoms with van der Waals surface area (Å²) in [5, 5.41) is 3.63. The molecule has 3 aromatic carbocycles. The summed E-state index contributed by atoms with van der Waals surface area (Å²) in [5.41, 5.74) is 0.501. The molecule has 0 aromatic heterocycles. The van der Waals surface area contributed by atoms with Gasteiger partial charge < -0.3 is 9.47 Å². The summed E-state index contributed by atoms with van der Waals surface area (Å²) < 4.78 is 10.9. The Kier molecular flexibility index (Phi) is 4.59. The van der Waals surface area contributed by atoms with Gasteiger partial charge in [0.15, 0.2) is 11.5 Å². The van der Waals surface area contributed by atoms with Crippen molar-refractivity contribution in [2.45, 2.75) is 13.8 Å². The van der Waals surface area contributed by atoms with Gasteiger partial charge in [0.1, 0.15) is 0 Å². The second kappa shape index (κ2) is 6.84. The predicted octanol–water partition coefficient (Wildman–Crippen LogP) is 4.96. The van der Waals surface area contributed by atoms with Gasteiger partial charge in [-0.05, 0) is 48.2 Å². The van der Waals surface area contributed by atoms with Crippen LogP contribution in [0.25, 0.3) is 21.5 Å². The number of ether oxygens (including phenoxy) is 2. The Hall–Kier alpha value is -3.40. The van der Waals surface area contributed by atoms with Gasteiger partial charge in [0.2, 0.25) is 0 Å². The quantitative estimate of drug-likeness (QED) is 0.290. The fourth-order valence-corrected chi connectivity index (χ4v) is 2.59. The molecule has 0 saturated carbocycles. The molecule has 3 rings (SSSR count). The fourth-order valence-electron chi connectivity index (χ4n) is 2.59. The summed E-state index contributed by atoms with van der Waals surface area (Å²) in [6.45, 7) is 10.3. The van der Waals surface area contributed by atoms with E-state index in [1.54, 1.807) is 19.9 Å². The van der Waals surface area contributed by atoms with Crippen LogP contribution in [0.3, 0.4) is 0 Å². The summed E-state index contributed by atoms with van der Waals surface area (Å²) in [5.74, 6) is -0.817. The van der Waals surface area contributed by atoms with Gasteiger partial charge >= 0.3 is 11.9 Å². The summed E-state index contributed by atoms with van der Waals surface area (Å²) in [7, 11) is 0. The van der Waals surface area contributed by atoms with Crippen LogP contribution in [0.1, 0.15) is 13.8 Å². The minimum absolute atomic E-state index is 0.162. The molecule has 0 aliphatic carbocycles. The molecule has 0 N–H and O–H groups in total. The van der Waals surface area contributed by atoms with Crippen LogP contribution >= 0.6 is 0 Å². The molecule has 0 atom stereocenters. The van der Waals surface area contributed by atoms with Crippen molar-refractivity contribution in [1.29, 1.82) is 0 Å². The Labute approximate surface area is 151 Å². The molecule has 0 spiro atoms. The largest absolute Gasteiger partial charge is 0.419 e. The van der Waals surface area contributed by atoms with Gasteiger partial charge in [-0.25, -0.2) is 9.59 Å². The molecule has 3 aromatic rings. The zero-order chi connectivity index (χ0) is 18.8. The van der Waals surface area contributed by atoms with Crippen molar-refractivity contribution in [3.05, 3.63) is 72.8 Å². The Morgan fingerprint density at radius 1 is 0.731 bits per heavy atom. The van der Waals surface area contributed by atoms with Crippen LogP contribution in [-0.2, 0) is 9.59 Å². The first-order valence-electron chi connectivity index (χ1n) is 8.08. The predicted molar refractivity (Wildman–Crippen MR) is 102 cm³/mol. The number of rotatable bonds is 4. The van der Waals surface area contributed by atoms with Gasteiger partial charge in [0, 0.05) is 16.5 Å². The molecule has 0 bridgehead atoms. The average Bonchev–Trinajstić information content (AvgIpc) is 2.62. The molecule has 0 amide bonds. The fraction of sp³-hybridized carbons (Fsp3) is 0.0909. The molecule has 0 aliphatic rings. The molecular formula is C22H18O4. The van der Waals surface area contributed by atoms with E-state index in [1.807, 2.05) is 42.5 Å². The van der Waals surface area contributed by atoms with Crippen molar-refractivity contribution in [3.63, 3.8) is 0 Å². The standard InChI is InChI=1S/C22H18O4/c1-13(2)21(23)25-19-12-11-17-16-8-6-5-7-15(16)9-10-18(17)20(19)26-22(24)14(3)4/h5-12H,1,3H2,2,4H3. The number of fused-ring (bicyclic) bond motifs is 3. The highest BCUT2D eigenvalue weighted by atomic mass is 16.6. The number of esters is 2. The van der Waals surface area contributed by atoms with Gasteiger partial charge in [-0.1, -0.05) is 43.5 Å². The molecule has 0 radical (unpaired) electrons. The number of benzene rings is 3. The van der Waals surface area contributed by atoms with Crippen molar-refractivity contribution in [3.8, 4) is 11.5 Å². The SMILES string of the molecule is C=C(C)C(=O)Oc1ccc2c(ccc3ccccc32)c1OC(=O)C(=C)C. The third kappa shape index (κ3) is 3.22. The Balaban J connectivity index is 2.24. The van der Waals surface area contributed by atoms with Gasteiger partial charge in [0.25, 0.3) is 0 Å². The monoisotopic (exact) mass is 346 g/mol. The minimum atomic E-state index is -0.585. The molecular weight excluding hydrogens is 328 g/mol. The number of hydrogen-bond acceptors (Lipinski definition) is 4. The zero-order valence-electron chi connectivity index (χ0n) is 14.7. The van der Waals surface area contributed by atoms with Crippen LogP contribution < -0.4 is 9.47 Å². The van der Waals surface area contributed by atoms with E-state index in [1.165, 1.54) is 0 Å². The van der Waals surface area contributed by atoms with E-state index in [0.29, 0.717) is 5.39 Å². The molecule has 4 heteroatoms. The maximum absolute atomic E-state index is 12.1. The lowest BCUT2D eigenvalue weighted by Crippen LogP contribution is -2.13. The summed E-state index contributed by atoms with van der Waals surface area (Å²) in [4.78, 5) is 24.1. The first-order valence-corrected chi connectivity index (χ1v) is 8.08. The Bertz CT molecular complexity index is 1080. The average molecular weight is 346 g/mol. The van der Waals surface area contributed by atoms with E-state index >= 15 is 0 Å². The maximum atomic E-state index is 12.1. The van der Waals surface area contributed by atoms with E-state index in [9.17, 15) is 9.59 Å². The molecule has 26 heavy (non-hydrogen) atoms. The molecule has 0 heterocycles. The topological polar surface area (TPSA) is 52.6 Å². The molecule has 0 saturated heterocycles. The van der Waals surface area contributed by atoms with Crippen molar-refractivity contribution in [1.82, 2.24) is 0 Å². The highest BCUT2D eigenvalue weighted by Crippen LogP contribution is 2.39. The molecule has 130 valence electrons. The van der Waals surface area contributed by atoms with Crippen LogP contribution in [0.2, 0.25) is 0 Å². The van der Waals surface area contributed by atoms with Crippen molar-refractivity contribution >= 4 is 33.5 Å². The van der Waals surface area contributed by atoms with Gasteiger partial charge in [-0.15, -0.1) is 0 Å². The highest BCUT2D eigenvalue weighted by molar-refractivity contribution is 6.11. The zero-order valence-corrected chi connectivity index (χ0v) is 14.7. The second-order valence-electron chi connectivity index (χ2n) is 6.11. The lowest BCUT2D eigenvalue weighted by Gasteiger charge is -2.14. The van der Waals surface area contributed by atoms with Crippen LogP contribution in [0.5, 0.6) is 11.5 Å². The van der Waals surface area contributed by atoms with Crippen LogP contribution in [-0.4, -0.2) is 11.9 Å². The van der Waals surface area contributed by atoms with E-state index in [4.69, 9.17) is 9.47 Å². The third-order valence-electron chi connectivity index (χ3n) is 3.93. The molecule has 0 unspecified atom stereocenters. The first kappa shape index (κ1) is 17.4. The van der Waals surface area contributed by atoms with Gasteiger partial charge in [-0.3, -0.25) is 0 Å². The maximum Gasteiger partial charge on any atom is 0.338 e. The van der Waals surface area contributed by atoms with Crippen molar-refractivity contribution < 1.29 is 19.1 Å². The summed E-state index contributed by atoms with van der Waals surface area (Å²) in [6.07, 6.45) is 0. The number of carbonyl (C=O) groups excluding carboxylic acids is 2. The van der Waals surface area contributed by atoms with E-state index in [2.05, 4.69) is 13.2 Å². The van der Waals surface area contributed by atoms with Crippen LogP contribution in [0.4, 0.5) is 0 Å². The third-order valence-corrected chi connectivity index (χ3v) is 3.93. The summed E-state index contributed by atoms with van der Waals surface area (Å²) in [6, 6.07) is 15.1. The number of carbonyl (C=O) groups is 2. The molecule has 0 aliphatic heterocycles. The van der Waals surface area contributed by atoms with Gasteiger partial charge in [-0.2, -0.15) is 0 Å². The normalized spacial score (nSPS) is 10.5. The lowest BCUT2D eigenvalue weighted by molar-refractivity contribution is -0.132. The Morgan fingerprint density at radius 2 is 1.35 bits per heavy atom. The van der Waals surface area contributed by atoms with Gasteiger partial charge in [0.05, 0.1) is 0 Å². The Morgan fingerprint density at radius 3 is 2.04 bits per heavy atom. The van der Waals surface area contributed by atoms with Crippen LogP contribution in [0, 0.1) is 0 Å². The van der Waals surface area contributed by atoms with Crippen molar-refractivity contribution in [2.75, 3.05) is 0 Å². The minimum Gasteiger partial charge on any atom is -0.419 e. The highest BCUT2D eigenvalue weighted by Gasteiger charge is 2.18. The molecule has 4 nitrogen and oxygen atoms in total. The van der Waals surface area contributed by atoms with Crippen molar-refractivity contribution in [2.24, 2.45) is 0 Å². The molecule has 0 fully saturated rings. The first-order chi connectivity index (χ1) is 12.4. The smallest absolute Gasteiger partial charge is 0.338 e. The van der Waals surface area contributed by atoms with E-state index < -0.39 is 11.9 Å². The summed E-state index contributed by atoms with van der Waals surface area (Å²) >= 11 is 0. The number of hydrogen-bond donors (Lipinski definition) is 0. The van der Waals surface area contributed by atoms with E-state index in [-0.39, 0.29) is 22.6 Å². The lowest BCUT2D eigenvalue weighted by atomic mass is 10.0. The van der Waals surface area contributed by atoms with Crippen LogP contribution in [0.15, 0.2) is 72.8 Å². The second-order valence-corrected chi connectivity index (χ2v) is 6.11.